The molecule has 0 saturated heterocycles. The molecule has 4 aromatic rings. The number of halogens is 1. The van der Waals surface area contributed by atoms with E-state index in [1.165, 1.54) is 43.4 Å². The number of anilines is 1. The Morgan fingerprint density at radius 2 is 1.51 bits per heavy atom. The van der Waals surface area contributed by atoms with E-state index >= 15 is 0 Å². The summed E-state index contributed by atoms with van der Waals surface area (Å²) < 4.78 is 40.4. The van der Waals surface area contributed by atoms with Gasteiger partial charge in [0.15, 0.2) is 0 Å². The lowest BCUT2D eigenvalue weighted by atomic mass is 10.0. The number of nitrogens with zero attached hydrogens (tertiary/aromatic N) is 2. The zero-order chi connectivity index (χ0) is 34.0. The minimum absolute atomic E-state index is 0.00711. The minimum Gasteiger partial charge on any atom is -0.497 e. The number of rotatable bonds is 15. The van der Waals surface area contributed by atoms with Crippen molar-refractivity contribution in [1.82, 2.24) is 10.2 Å². The van der Waals surface area contributed by atoms with E-state index in [-0.39, 0.29) is 41.2 Å². The van der Waals surface area contributed by atoms with Gasteiger partial charge in [0.25, 0.3) is 10.0 Å². The fourth-order valence-electron chi connectivity index (χ4n) is 5.05. The maximum absolute atomic E-state index is 14.6. The second kappa shape index (κ2) is 16.3. The van der Waals surface area contributed by atoms with E-state index in [0.717, 1.165) is 9.87 Å². The summed E-state index contributed by atoms with van der Waals surface area (Å²) >= 11 is 6.32. The van der Waals surface area contributed by atoms with Crippen molar-refractivity contribution in [2.75, 3.05) is 25.1 Å². The van der Waals surface area contributed by atoms with Crippen LogP contribution in [0, 0.1) is 0 Å². The Kier molecular flexibility index (Phi) is 12.3. The Balaban J connectivity index is 1.84. The third-order valence-corrected chi connectivity index (χ3v) is 9.80. The second-order valence-corrected chi connectivity index (χ2v) is 13.3. The molecule has 0 heterocycles. The first-order chi connectivity index (χ1) is 22.6. The highest BCUT2D eigenvalue weighted by atomic mass is 35.5. The van der Waals surface area contributed by atoms with Crippen LogP contribution in [0.2, 0.25) is 5.02 Å². The fourth-order valence-corrected chi connectivity index (χ4v) is 6.69. The van der Waals surface area contributed by atoms with Crippen molar-refractivity contribution in [1.29, 1.82) is 0 Å². The normalized spacial score (nSPS) is 12.4. The van der Waals surface area contributed by atoms with E-state index in [1.54, 1.807) is 42.5 Å². The minimum atomic E-state index is -4.32. The first-order valence-corrected chi connectivity index (χ1v) is 17.1. The molecule has 248 valence electrons. The van der Waals surface area contributed by atoms with E-state index in [2.05, 4.69) is 5.32 Å². The molecule has 0 radical (unpaired) electrons. The number of nitrogens with one attached hydrogen (secondary N) is 1. The van der Waals surface area contributed by atoms with Gasteiger partial charge in [0.2, 0.25) is 11.8 Å². The van der Waals surface area contributed by atoms with Gasteiger partial charge in [-0.25, -0.2) is 8.42 Å². The summed E-state index contributed by atoms with van der Waals surface area (Å²) in [4.78, 5) is 30.0. The highest BCUT2D eigenvalue weighted by molar-refractivity contribution is 7.92. The fraction of sp³-hybridized carbons (Fsp3) is 0.278. The summed E-state index contributed by atoms with van der Waals surface area (Å²) in [5.74, 6) is -0.199. The summed E-state index contributed by atoms with van der Waals surface area (Å²) in [5, 5.41) is 3.50. The van der Waals surface area contributed by atoms with Crippen molar-refractivity contribution >= 4 is 39.1 Å². The van der Waals surface area contributed by atoms with E-state index in [1.807, 2.05) is 50.2 Å². The molecule has 2 atom stereocenters. The smallest absolute Gasteiger partial charge is 0.264 e. The lowest BCUT2D eigenvalue weighted by Gasteiger charge is -2.34. The van der Waals surface area contributed by atoms with Crippen molar-refractivity contribution in [3.8, 4) is 11.5 Å². The molecule has 2 amide bonds. The molecule has 0 unspecified atom stereocenters. The largest absolute Gasteiger partial charge is 0.497 e. The van der Waals surface area contributed by atoms with Crippen LogP contribution in [0.15, 0.2) is 108 Å². The van der Waals surface area contributed by atoms with Crippen LogP contribution < -0.4 is 19.1 Å². The molecule has 11 heteroatoms. The van der Waals surface area contributed by atoms with Crippen LogP contribution in [0.25, 0.3) is 0 Å². The highest BCUT2D eigenvalue weighted by Gasteiger charge is 2.35. The predicted molar refractivity (Wildman–Crippen MR) is 184 cm³/mol. The van der Waals surface area contributed by atoms with Crippen molar-refractivity contribution in [3.63, 3.8) is 0 Å². The number of methoxy groups -OCH3 is 2. The quantitative estimate of drug-likeness (QED) is 0.163. The van der Waals surface area contributed by atoms with Crippen molar-refractivity contribution in [3.05, 3.63) is 119 Å². The standard InChI is InChI=1S/C36H40ClN3O6S/c1-5-26(2)38-36(42)33(23-27-12-7-6-8-13-27)39(24-28-14-11-15-29(37)22-28)35(41)25-40(32-16-9-10-17-34(32)46-4)47(43,44)31-20-18-30(45-3)19-21-31/h6-22,26,33H,5,23-25H2,1-4H3,(H,38,42)/t26-,33-/m0/s1. The van der Waals surface area contributed by atoms with Gasteiger partial charge in [-0.3, -0.25) is 13.9 Å². The Morgan fingerprint density at radius 3 is 2.15 bits per heavy atom. The summed E-state index contributed by atoms with van der Waals surface area (Å²) in [5.41, 5.74) is 1.70. The van der Waals surface area contributed by atoms with Gasteiger partial charge in [-0.05, 0) is 73.0 Å². The molecule has 4 aromatic carbocycles. The molecule has 0 aromatic heterocycles. The molecule has 1 N–H and O–H groups in total. The highest BCUT2D eigenvalue weighted by Crippen LogP contribution is 2.33. The van der Waals surface area contributed by atoms with Gasteiger partial charge in [0.05, 0.1) is 24.8 Å². The maximum Gasteiger partial charge on any atom is 0.264 e. The van der Waals surface area contributed by atoms with Crippen molar-refractivity contribution in [2.24, 2.45) is 0 Å². The molecule has 0 aliphatic carbocycles. The number of benzene rings is 4. The number of sulfonamides is 1. The molecule has 0 aliphatic rings. The Morgan fingerprint density at radius 1 is 0.851 bits per heavy atom. The summed E-state index contributed by atoms with van der Waals surface area (Å²) in [6, 6.07) is 27.8. The monoisotopic (exact) mass is 677 g/mol. The lowest BCUT2D eigenvalue weighted by molar-refractivity contribution is -0.140. The SMILES string of the molecule is CC[C@H](C)NC(=O)[C@H](Cc1ccccc1)N(Cc1cccc(Cl)c1)C(=O)CN(c1ccccc1OC)S(=O)(=O)c1ccc(OC)cc1. The third kappa shape index (κ3) is 9.05. The Hall–Kier alpha value is -4.54. The molecule has 0 aliphatic heterocycles. The van der Waals surface area contributed by atoms with E-state index < -0.39 is 28.5 Å². The zero-order valence-corrected chi connectivity index (χ0v) is 28.5. The number of hydrogen-bond donors (Lipinski definition) is 1. The van der Waals surface area contributed by atoms with Crippen LogP contribution in [0.3, 0.4) is 0 Å². The Bertz CT molecular complexity index is 1750. The lowest BCUT2D eigenvalue weighted by Crippen LogP contribution is -2.54. The maximum atomic E-state index is 14.6. The van der Waals surface area contributed by atoms with Crippen LogP contribution in [-0.4, -0.2) is 58.0 Å². The molecule has 0 bridgehead atoms. The average molecular weight is 678 g/mol. The molecule has 4 rings (SSSR count). The van der Waals surface area contributed by atoms with E-state index in [9.17, 15) is 18.0 Å². The van der Waals surface area contributed by atoms with Crippen LogP contribution in [0.5, 0.6) is 11.5 Å². The summed E-state index contributed by atoms with van der Waals surface area (Å²) in [7, 11) is -1.40. The van der Waals surface area contributed by atoms with E-state index in [4.69, 9.17) is 21.1 Å². The van der Waals surface area contributed by atoms with Gasteiger partial charge < -0.3 is 19.7 Å². The topological polar surface area (TPSA) is 105 Å². The van der Waals surface area contributed by atoms with E-state index in [0.29, 0.717) is 22.8 Å². The molecule has 47 heavy (non-hydrogen) atoms. The molecule has 0 saturated carbocycles. The first kappa shape index (κ1) is 35.3. The third-order valence-electron chi connectivity index (χ3n) is 7.79. The summed E-state index contributed by atoms with van der Waals surface area (Å²) in [6.07, 6.45) is 0.892. The number of carbonyl (C=O) groups excluding carboxylic acids is 2. The van der Waals surface area contributed by atoms with Gasteiger partial charge in [0.1, 0.15) is 24.1 Å². The van der Waals surface area contributed by atoms with Crippen LogP contribution in [0.4, 0.5) is 5.69 Å². The average Bonchev–Trinajstić information content (AvgIpc) is 3.08. The van der Waals surface area contributed by atoms with Gasteiger partial charge in [-0.15, -0.1) is 0 Å². The molecular weight excluding hydrogens is 638 g/mol. The van der Waals surface area contributed by atoms with Gasteiger partial charge in [-0.2, -0.15) is 0 Å². The molecule has 9 nitrogen and oxygen atoms in total. The van der Waals surface area contributed by atoms with Crippen molar-refractivity contribution in [2.45, 2.75) is 50.2 Å². The van der Waals surface area contributed by atoms with Crippen molar-refractivity contribution < 1.29 is 27.5 Å². The molecule has 0 spiro atoms. The van der Waals surface area contributed by atoms with Gasteiger partial charge in [0, 0.05) is 24.0 Å². The number of amides is 2. The Labute approximate surface area is 282 Å². The van der Waals surface area contributed by atoms with Crippen LogP contribution in [0.1, 0.15) is 31.4 Å². The second-order valence-electron chi connectivity index (χ2n) is 11.0. The summed E-state index contributed by atoms with van der Waals surface area (Å²) in [6.45, 7) is 3.25. The number of ether oxygens (including phenoxy) is 2. The van der Waals surface area contributed by atoms with Crippen LogP contribution >= 0.6 is 11.6 Å². The van der Waals surface area contributed by atoms with Gasteiger partial charge >= 0.3 is 0 Å². The number of hydrogen-bond acceptors (Lipinski definition) is 6. The predicted octanol–water partition coefficient (Wildman–Crippen LogP) is 6.11. The first-order valence-electron chi connectivity index (χ1n) is 15.2. The number of carbonyl (C=O) groups is 2. The van der Waals surface area contributed by atoms with Gasteiger partial charge in [-0.1, -0.05) is 73.1 Å². The number of para-hydroxylation sites is 2. The zero-order valence-electron chi connectivity index (χ0n) is 26.9. The van der Waals surface area contributed by atoms with Crippen LogP contribution in [-0.2, 0) is 32.6 Å². The molecule has 0 fully saturated rings. The molecular formula is C36H40ClN3O6S.